The lowest BCUT2D eigenvalue weighted by Crippen LogP contribution is -2.50. The van der Waals surface area contributed by atoms with Gasteiger partial charge in [0.25, 0.3) is 0 Å². The zero-order chi connectivity index (χ0) is 38.5. The van der Waals surface area contributed by atoms with Crippen molar-refractivity contribution in [2.45, 2.75) is 199 Å². The first-order valence-electron chi connectivity index (χ1n) is 21.4. The van der Waals surface area contributed by atoms with Crippen LogP contribution in [0, 0.1) is 0 Å². The van der Waals surface area contributed by atoms with Crippen LogP contribution < -0.4 is 0 Å². The molecule has 0 spiro atoms. The van der Waals surface area contributed by atoms with Crippen LogP contribution in [0.4, 0.5) is 0 Å². The maximum absolute atomic E-state index is 12.7. The van der Waals surface area contributed by atoms with E-state index in [0.717, 1.165) is 51.4 Å². The van der Waals surface area contributed by atoms with Gasteiger partial charge in [-0.1, -0.05) is 128 Å². The molecule has 0 bridgehead atoms. The van der Waals surface area contributed by atoms with Crippen LogP contribution in [0.5, 0.6) is 0 Å². The summed E-state index contributed by atoms with van der Waals surface area (Å²) in [5.41, 5.74) is 0. The van der Waals surface area contributed by atoms with E-state index in [4.69, 9.17) is 14.2 Å². The molecule has 2 unspecified atom stereocenters. The summed E-state index contributed by atoms with van der Waals surface area (Å²) in [5.74, 6) is -1.49. The Morgan fingerprint density at radius 1 is 0.558 bits per heavy atom. The number of carbonyl (C=O) groups is 3. The Morgan fingerprint density at radius 2 is 0.962 bits per heavy atom. The molecule has 1 N–H and O–H groups in total. The van der Waals surface area contributed by atoms with Gasteiger partial charge in [-0.05, 0) is 64.2 Å². The van der Waals surface area contributed by atoms with E-state index in [0.29, 0.717) is 19.3 Å². The maximum atomic E-state index is 12.7. The molecule has 0 saturated heterocycles. The van der Waals surface area contributed by atoms with Gasteiger partial charge in [0.05, 0.1) is 34.4 Å². The van der Waals surface area contributed by atoms with Crippen molar-refractivity contribution in [3.8, 4) is 0 Å². The van der Waals surface area contributed by atoms with Crippen LogP contribution in [0.1, 0.15) is 187 Å². The highest BCUT2D eigenvalue weighted by molar-refractivity contribution is 5.72. The normalized spacial score (nSPS) is 13.2. The first-order chi connectivity index (χ1) is 25.1. The van der Waals surface area contributed by atoms with Gasteiger partial charge in [0, 0.05) is 19.3 Å². The number of ether oxygens (including phenoxy) is 3. The summed E-state index contributed by atoms with van der Waals surface area (Å²) in [5, 5.41) is 9.60. The molecule has 0 saturated carbocycles. The number of unbranched alkanes of at least 4 members (excludes halogenated alkanes) is 20. The third kappa shape index (κ3) is 33.6. The molecule has 0 aliphatic rings. The van der Waals surface area contributed by atoms with Crippen molar-refractivity contribution in [2.24, 2.45) is 0 Å². The van der Waals surface area contributed by atoms with Gasteiger partial charge >= 0.3 is 17.9 Å². The fraction of sp³-hybridized carbons (Fsp3) is 0.841. The van der Waals surface area contributed by atoms with E-state index in [1.54, 1.807) is 0 Å². The summed E-state index contributed by atoms with van der Waals surface area (Å²) >= 11 is 0. The summed E-state index contributed by atoms with van der Waals surface area (Å²) in [6.07, 6.45) is 37.8. The second kappa shape index (κ2) is 35.8. The molecule has 0 aromatic carbocycles. The van der Waals surface area contributed by atoms with Crippen molar-refractivity contribution in [2.75, 3.05) is 41.0 Å². The number of allylic oxidation sites excluding steroid dienone is 4. The molecule has 0 fully saturated rings. The number of quaternary nitrogens is 1. The molecule has 2 atom stereocenters. The monoisotopic (exact) mass is 737 g/mol. The van der Waals surface area contributed by atoms with E-state index in [-0.39, 0.29) is 36.2 Å². The van der Waals surface area contributed by atoms with Gasteiger partial charge in [0.1, 0.15) is 6.61 Å². The summed E-state index contributed by atoms with van der Waals surface area (Å²) in [7, 11) is 5.52. The molecule has 0 radical (unpaired) electrons. The highest BCUT2D eigenvalue weighted by Gasteiger charge is 2.31. The number of hydrogen-bond acceptors (Lipinski definition) is 6. The third-order valence-electron chi connectivity index (χ3n) is 9.57. The van der Waals surface area contributed by atoms with Gasteiger partial charge in [0.15, 0.2) is 12.1 Å². The summed E-state index contributed by atoms with van der Waals surface area (Å²) in [6.45, 7) is 4.70. The van der Waals surface area contributed by atoms with Crippen molar-refractivity contribution in [3.05, 3.63) is 24.3 Å². The molecule has 304 valence electrons. The minimum absolute atomic E-state index is 0.0562. The number of hydrogen-bond donors (Lipinski definition) is 1. The predicted octanol–water partition coefficient (Wildman–Crippen LogP) is 11.3. The van der Waals surface area contributed by atoms with Gasteiger partial charge in [-0.3, -0.25) is 9.59 Å². The topological polar surface area (TPSA) is 99.1 Å². The minimum atomic E-state index is -0.877. The number of esters is 2. The van der Waals surface area contributed by atoms with Crippen LogP contribution >= 0.6 is 0 Å². The second-order valence-electron chi connectivity index (χ2n) is 15.6. The Labute approximate surface area is 320 Å². The van der Waals surface area contributed by atoms with E-state index in [2.05, 4.69) is 38.2 Å². The number of aliphatic carboxylic acids is 1. The van der Waals surface area contributed by atoms with Gasteiger partial charge < -0.3 is 23.8 Å². The summed E-state index contributed by atoms with van der Waals surface area (Å²) < 4.78 is 17.2. The van der Waals surface area contributed by atoms with E-state index in [1.807, 2.05) is 21.1 Å². The number of carbonyl (C=O) groups excluding carboxylic acids is 2. The number of likely N-dealkylation sites (N-methyl/N-ethyl adjacent to an activating group) is 1. The zero-order valence-corrected chi connectivity index (χ0v) is 34.5. The Balaban J connectivity index is 4.38. The third-order valence-corrected chi connectivity index (χ3v) is 9.57. The lowest BCUT2D eigenvalue weighted by Gasteiger charge is -2.31. The summed E-state index contributed by atoms with van der Waals surface area (Å²) in [4.78, 5) is 36.9. The maximum Gasteiger partial charge on any atom is 0.362 e. The largest absolute Gasteiger partial charge is 0.477 e. The van der Waals surface area contributed by atoms with Crippen molar-refractivity contribution in [1.29, 1.82) is 0 Å². The van der Waals surface area contributed by atoms with Crippen LogP contribution in [0.25, 0.3) is 0 Å². The molecular weight excluding hydrogens is 654 g/mol. The molecule has 0 aliphatic carbocycles. The van der Waals surface area contributed by atoms with Crippen molar-refractivity contribution in [1.82, 2.24) is 0 Å². The molecule has 52 heavy (non-hydrogen) atoms. The average Bonchev–Trinajstić information content (AvgIpc) is 3.09. The van der Waals surface area contributed by atoms with E-state index >= 15 is 0 Å². The standard InChI is InChI=1S/C44H81NO7/c1-6-8-10-12-14-16-18-20-21-23-24-26-28-30-32-34-42(46)51-39-40(38-50-37-36-41(44(48)49)45(3,4)5)52-43(47)35-33-31-29-27-25-22-19-17-15-13-11-9-7-2/h16,18,22,25,40-41H,6-15,17,19-21,23-24,26-39H2,1-5H3/p+1/b18-16+,25-22+. The molecule has 0 rings (SSSR count). The van der Waals surface area contributed by atoms with E-state index in [1.165, 1.54) is 103 Å². The van der Waals surface area contributed by atoms with E-state index in [9.17, 15) is 19.5 Å². The highest BCUT2D eigenvalue weighted by atomic mass is 16.6. The van der Waals surface area contributed by atoms with Gasteiger partial charge in [0.2, 0.25) is 0 Å². The van der Waals surface area contributed by atoms with Crippen LogP contribution in [-0.4, -0.2) is 80.6 Å². The summed E-state index contributed by atoms with van der Waals surface area (Å²) in [6, 6.07) is -0.615. The van der Waals surface area contributed by atoms with Crippen molar-refractivity contribution < 1.29 is 38.2 Å². The molecule has 8 heteroatoms. The molecule has 8 nitrogen and oxygen atoms in total. The Morgan fingerprint density at radius 3 is 1.42 bits per heavy atom. The number of carboxylic acids is 1. The van der Waals surface area contributed by atoms with Crippen molar-refractivity contribution in [3.63, 3.8) is 0 Å². The van der Waals surface area contributed by atoms with Crippen LogP contribution in [0.2, 0.25) is 0 Å². The Hall–Kier alpha value is -2.19. The molecule has 0 amide bonds. The number of nitrogens with zero attached hydrogens (tertiary/aromatic N) is 1. The van der Waals surface area contributed by atoms with Gasteiger partial charge in [-0.2, -0.15) is 0 Å². The SMILES string of the molecule is CCCCCC/C=C/CCCCCCCCCC(=O)OCC(COCCC(C(=O)O)[N+](C)(C)C)OC(=O)CCCCC/C=C/CCCCCCCC. The molecule has 0 aromatic rings. The first-order valence-corrected chi connectivity index (χ1v) is 21.4. The quantitative estimate of drug-likeness (QED) is 0.0291. The smallest absolute Gasteiger partial charge is 0.362 e. The van der Waals surface area contributed by atoms with Crippen LogP contribution in [0.3, 0.4) is 0 Å². The van der Waals surface area contributed by atoms with Crippen LogP contribution in [-0.2, 0) is 28.6 Å². The highest BCUT2D eigenvalue weighted by Crippen LogP contribution is 2.14. The Bertz CT molecular complexity index is 911. The molecule has 0 heterocycles. The molecule has 0 aliphatic heterocycles. The fourth-order valence-corrected chi connectivity index (χ4v) is 6.20. The van der Waals surface area contributed by atoms with Crippen LogP contribution in [0.15, 0.2) is 24.3 Å². The number of carboxylic acid groups (broad SMARTS) is 1. The zero-order valence-electron chi connectivity index (χ0n) is 34.5. The lowest BCUT2D eigenvalue weighted by molar-refractivity contribution is -0.887. The van der Waals surface area contributed by atoms with Crippen molar-refractivity contribution >= 4 is 17.9 Å². The minimum Gasteiger partial charge on any atom is -0.477 e. The second-order valence-corrected chi connectivity index (χ2v) is 15.6. The molecular formula is C44H82NO7+. The van der Waals surface area contributed by atoms with Gasteiger partial charge in [-0.15, -0.1) is 0 Å². The predicted molar refractivity (Wildman–Crippen MR) is 215 cm³/mol. The number of rotatable bonds is 38. The fourth-order valence-electron chi connectivity index (χ4n) is 6.20. The molecule has 0 aromatic heterocycles. The Kier molecular flexibility index (Phi) is 34.3. The lowest BCUT2D eigenvalue weighted by atomic mass is 10.1. The first kappa shape index (κ1) is 49.8. The van der Waals surface area contributed by atoms with Gasteiger partial charge in [-0.25, -0.2) is 4.79 Å². The average molecular weight is 737 g/mol. The van der Waals surface area contributed by atoms with E-state index < -0.39 is 18.1 Å².